The summed E-state index contributed by atoms with van der Waals surface area (Å²) in [6.45, 7) is 5.42. The molecule has 17 heavy (non-hydrogen) atoms. The Kier molecular flexibility index (Phi) is 5.39. The molecule has 0 aromatic rings. The highest BCUT2D eigenvalue weighted by Crippen LogP contribution is 2.34. The third-order valence-electron chi connectivity index (χ3n) is 3.46. The topological polar surface area (TPSA) is 43.4 Å². The van der Waals surface area contributed by atoms with Gasteiger partial charge in [-0.25, -0.2) is 0 Å². The normalized spacial score (nSPS) is 29.2. The predicted molar refractivity (Wildman–Crippen MR) is 66.5 cm³/mol. The van der Waals surface area contributed by atoms with Crippen LogP contribution in [0.2, 0.25) is 0 Å². The van der Waals surface area contributed by atoms with Crippen molar-refractivity contribution in [1.29, 1.82) is 0 Å². The Morgan fingerprint density at radius 3 is 2.65 bits per heavy atom. The molecule has 0 spiro atoms. The standard InChI is InChI=1S/C14H22O3/c1-4-6-12(16)9-13-10(2)7-5-8-14(13)17-11(3)15/h4,6,10,13-14H,5,7-9H2,1-3H3/b6-4-/t10-,13?,14+/m1/s1. The molecule has 1 saturated carbocycles. The van der Waals surface area contributed by atoms with Gasteiger partial charge in [0.2, 0.25) is 0 Å². The van der Waals surface area contributed by atoms with Gasteiger partial charge in [0.1, 0.15) is 6.10 Å². The number of carbonyl (C=O) groups is 2. The number of hydrogen-bond acceptors (Lipinski definition) is 3. The Hall–Kier alpha value is -1.12. The molecule has 0 N–H and O–H groups in total. The van der Waals surface area contributed by atoms with Crippen LogP contribution in [0.15, 0.2) is 12.2 Å². The molecule has 3 heteroatoms. The first-order chi connectivity index (χ1) is 8.04. The molecule has 96 valence electrons. The molecule has 1 aliphatic rings. The van der Waals surface area contributed by atoms with Gasteiger partial charge in [-0.05, 0) is 31.8 Å². The zero-order chi connectivity index (χ0) is 12.8. The monoisotopic (exact) mass is 238 g/mol. The summed E-state index contributed by atoms with van der Waals surface area (Å²) in [5.41, 5.74) is 0. The lowest BCUT2D eigenvalue weighted by atomic mass is 9.75. The van der Waals surface area contributed by atoms with Gasteiger partial charge in [0.25, 0.3) is 0 Å². The Bertz CT molecular complexity index is 307. The number of allylic oxidation sites excluding steroid dienone is 2. The highest BCUT2D eigenvalue weighted by atomic mass is 16.5. The second-order valence-electron chi connectivity index (χ2n) is 4.89. The van der Waals surface area contributed by atoms with E-state index in [0.717, 1.165) is 19.3 Å². The van der Waals surface area contributed by atoms with Crippen LogP contribution in [-0.4, -0.2) is 17.9 Å². The maximum absolute atomic E-state index is 11.7. The van der Waals surface area contributed by atoms with Crippen LogP contribution >= 0.6 is 0 Å². The molecule has 0 bridgehead atoms. The predicted octanol–water partition coefficient (Wildman–Crippen LogP) is 2.89. The van der Waals surface area contributed by atoms with Crippen LogP contribution in [0.25, 0.3) is 0 Å². The first kappa shape index (κ1) is 13.9. The van der Waals surface area contributed by atoms with Gasteiger partial charge in [-0.15, -0.1) is 0 Å². The van der Waals surface area contributed by atoms with Crippen LogP contribution in [0.3, 0.4) is 0 Å². The van der Waals surface area contributed by atoms with E-state index >= 15 is 0 Å². The molecule has 0 aromatic heterocycles. The lowest BCUT2D eigenvalue weighted by molar-refractivity contribution is -0.153. The minimum absolute atomic E-state index is 0.0783. The number of hydrogen-bond donors (Lipinski definition) is 0. The lowest BCUT2D eigenvalue weighted by Crippen LogP contribution is -2.35. The van der Waals surface area contributed by atoms with Crippen molar-refractivity contribution < 1.29 is 14.3 Å². The number of carbonyl (C=O) groups excluding carboxylic acids is 2. The van der Waals surface area contributed by atoms with E-state index in [1.807, 2.05) is 6.92 Å². The molecular weight excluding hydrogens is 216 g/mol. The van der Waals surface area contributed by atoms with Crippen LogP contribution < -0.4 is 0 Å². The first-order valence-corrected chi connectivity index (χ1v) is 6.37. The highest BCUT2D eigenvalue weighted by molar-refractivity contribution is 5.89. The third kappa shape index (κ3) is 4.33. The summed E-state index contributed by atoms with van der Waals surface area (Å²) in [6, 6.07) is 0. The number of ketones is 1. The SMILES string of the molecule is C/C=C\C(=O)CC1[C@H](C)CCC[C@@H]1OC(C)=O. The molecule has 1 unspecified atom stereocenters. The van der Waals surface area contributed by atoms with Gasteiger partial charge in [0.15, 0.2) is 5.78 Å². The minimum Gasteiger partial charge on any atom is -0.462 e. The van der Waals surface area contributed by atoms with Gasteiger partial charge in [0.05, 0.1) is 0 Å². The van der Waals surface area contributed by atoms with Crippen LogP contribution in [0, 0.1) is 11.8 Å². The average molecular weight is 238 g/mol. The molecule has 0 heterocycles. The van der Waals surface area contributed by atoms with Gasteiger partial charge in [-0.3, -0.25) is 9.59 Å². The fourth-order valence-electron chi connectivity index (χ4n) is 2.61. The molecule has 0 amide bonds. The van der Waals surface area contributed by atoms with E-state index in [0.29, 0.717) is 12.3 Å². The number of rotatable bonds is 4. The molecule has 0 aliphatic heterocycles. The van der Waals surface area contributed by atoms with E-state index in [1.54, 1.807) is 12.2 Å². The van der Waals surface area contributed by atoms with Crippen molar-refractivity contribution in [2.45, 2.75) is 52.6 Å². The summed E-state index contributed by atoms with van der Waals surface area (Å²) < 4.78 is 5.34. The van der Waals surface area contributed by atoms with Crippen molar-refractivity contribution in [2.24, 2.45) is 11.8 Å². The lowest BCUT2D eigenvalue weighted by Gasteiger charge is -2.35. The summed E-state index contributed by atoms with van der Waals surface area (Å²) in [5.74, 6) is 0.509. The molecule has 3 atom stereocenters. The quantitative estimate of drug-likeness (QED) is 0.558. The number of ether oxygens (including phenoxy) is 1. The van der Waals surface area contributed by atoms with Gasteiger partial charge in [0, 0.05) is 19.3 Å². The third-order valence-corrected chi connectivity index (χ3v) is 3.46. The van der Waals surface area contributed by atoms with Crippen LogP contribution in [0.1, 0.15) is 46.5 Å². The van der Waals surface area contributed by atoms with Crippen molar-refractivity contribution in [3.05, 3.63) is 12.2 Å². The van der Waals surface area contributed by atoms with E-state index in [9.17, 15) is 9.59 Å². The Balaban J connectivity index is 2.66. The maximum Gasteiger partial charge on any atom is 0.302 e. The summed E-state index contributed by atoms with van der Waals surface area (Å²) in [7, 11) is 0. The molecule has 0 saturated heterocycles. The van der Waals surface area contributed by atoms with E-state index in [1.165, 1.54) is 6.92 Å². The van der Waals surface area contributed by atoms with Crippen molar-refractivity contribution in [1.82, 2.24) is 0 Å². The molecule has 1 fully saturated rings. The Morgan fingerprint density at radius 1 is 1.35 bits per heavy atom. The number of esters is 1. The fourth-order valence-corrected chi connectivity index (χ4v) is 2.61. The van der Waals surface area contributed by atoms with Crippen molar-refractivity contribution in [3.63, 3.8) is 0 Å². The largest absolute Gasteiger partial charge is 0.462 e. The van der Waals surface area contributed by atoms with Gasteiger partial charge in [-0.2, -0.15) is 0 Å². The second kappa shape index (κ2) is 6.58. The summed E-state index contributed by atoms with van der Waals surface area (Å²) in [5, 5.41) is 0. The van der Waals surface area contributed by atoms with E-state index in [2.05, 4.69) is 6.92 Å². The smallest absolute Gasteiger partial charge is 0.302 e. The average Bonchev–Trinajstić information content (AvgIpc) is 2.23. The fraction of sp³-hybridized carbons (Fsp3) is 0.714. The van der Waals surface area contributed by atoms with Gasteiger partial charge >= 0.3 is 5.97 Å². The van der Waals surface area contributed by atoms with Crippen LogP contribution in [0.5, 0.6) is 0 Å². The molecule has 1 aliphatic carbocycles. The van der Waals surface area contributed by atoms with Crippen molar-refractivity contribution >= 4 is 11.8 Å². The first-order valence-electron chi connectivity index (χ1n) is 6.37. The molecule has 0 aromatic carbocycles. The van der Waals surface area contributed by atoms with E-state index in [4.69, 9.17) is 4.74 Å². The Labute approximate surface area is 103 Å². The van der Waals surface area contributed by atoms with E-state index < -0.39 is 0 Å². The summed E-state index contributed by atoms with van der Waals surface area (Å²) in [6.07, 6.45) is 6.86. The van der Waals surface area contributed by atoms with Crippen LogP contribution in [-0.2, 0) is 14.3 Å². The Morgan fingerprint density at radius 2 is 2.06 bits per heavy atom. The molecule has 3 nitrogen and oxygen atoms in total. The van der Waals surface area contributed by atoms with Crippen molar-refractivity contribution in [2.75, 3.05) is 0 Å². The highest BCUT2D eigenvalue weighted by Gasteiger charge is 2.33. The van der Waals surface area contributed by atoms with Gasteiger partial charge < -0.3 is 4.74 Å². The van der Waals surface area contributed by atoms with Crippen molar-refractivity contribution in [3.8, 4) is 0 Å². The summed E-state index contributed by atoms with van der Waals surface area (Å²) >= 11 is 0. The second-order valence-corrected chi connectivity index (χ2v) is 4.89. The zero-order valence-electron chi connectivity index (χ0n) is 10.9. The van der Waals surface area contributed by atoms with E-state index in [-0.39, 0.29) is 23.8 Å². The molecule has 0 radical (unpaired) electrons. The van der Waals surface area contributed by atoms with Crippen LogP contribution in [0.4, 0.5) is 0 Å². The molecule has 1 rings (SSSR count). The minimum atomic E-state index is -0.243. The zero-order valence-corrected chi connectivity index (χ0v) is 10.9. The van der Waals surface area contributed by atoms with Gasteiger partial charge in [-0.1, -0.05) is 19.4 Å². The molecular formula is C14H22O3. The summed E-state index contributed by atoms with van der Waals surface area (Å²) in [4.78, 5) is 22.7. The maximum atomic E-state index is 11.7.